The number of halogens is 1. The van der Waals surface area contributed by atoms with Crippen LogP contribution < -0.4 is 0 Å². The summed E-state index contributed by atoms with van der Waals surface area (Å²) in [6, 6.07) is 1.91. The Kier molecular flexibility index (Phi) is 3.20. The number of rotatable bonds is 2. The van der Waals surface area contributed by atoms with Gasteiger partial charge in [-0.25, -0.2) is 0 Å². The standard InChI is InChI=1S/C13H17BrN2O2/c1-2-15-6-9(14)5-12(15)13(17)16-7-10-3-4-11(8-16)18-10/h5-6,10-11H,2-4,7-8H2,1H3. The van der Waals surface area contributed by atoms with Crippen molar-refractivity contribution in [2.24, 2.45) is 0 Å². The lowest BCUT2D eigenvalue weighted by Crippen LogP contribution is -2.46. The first kappa shape index (κ1) is 12.2. The van der Waals surface area contributed by atoms with Crippen molar-refractivity contribution in [3.8, 4) is 0 Å². The fourth-order valence-electron chi connectivity index (χ4n) is 2.86. The lowest BCUT2D eigenvalue weighted by atomic mass is 10.2. The molecule has 2 aliphatic heterocycles. The zero-order valence-electron chi connectivity index (χ0n) is 10.4. The molecule has 0 aromatic carbocycles. The Morgan fingerprint density at radius 1 is 1.44 bits per heavy atom. The smallest absolute Gasteiger partial charge is 0.270 e. The molecular weight excluding hydrogens is 296 g/mol. The van der Waals surface area contributed by atoms with Crippen molar-refractivity contribution in [1.82, 2.24) is 9.47 Å². The number of hydrogen-bond donors (Lipinski definition) is 0. The molecule has 2 unspecified atom stereocenters. The first-order valence-corrected chi connectivity index (χ1v) is 7.27. The number of carbonyl (C=O) groups excluding carboxylic acids is 1. The molecule has 18 heavy (non-hydrogen) atoms. The van der Waals surface area contributed by atoms with E-state index in [2.05, 4.69) is 15.9 Å². The van der Waals surface area contributed by atoms with Gasteiger partial charge in [0.15, 0.2) is 0 Å². The second-order valence-corrected chi connectivity index (χ2v) is 5.91. The summed E-state index contributed by atoms with van der Waals surface area (Å²) < 4.78 is 8.72. The largest absolute Gasteiger partial charge is 0.371 e. The van der Waals surface area contributed by atoms with E-state index in [1.165, 1.54) is 0 Å². The lowest BCUT2D eigenvalue weighted by molar-refractivity contribution is -0.0306. The Morgan fingerprint density at radius 2 is 2.11 bits per heavy atom. The van der Waals surface area contributed by atoms with Gasteiger partial charge in [0.05, 0.1) is 12.2 Å². The van der Waals surface area contributed by atoms with Crippen LogP contribution in [-0.4, -0.2) is 40.7 Å². The lowest BCUT2D eigenvalue weighted by Gasteiger charge is -2.32. The molecule has 2 saturated heterocycles. The average molecular weight is 313 g/mol. The van der Waals surface area contributed by atoms with Gasteiger partial charge in [-0.1, -0.05) is 0 Å². The molecule has 3 heterocycles. The molecule has 4 nitrogen and oxygen atoms in total. The highest BCUT2D eigenvalue weighted by atomic mass is 79.9. The number of likely N-dealkylation sites (tertiary alicyclic amines) is 1. The van der Waals surface area contributed by atoms with Crippen molar-refractivity contribution in [2.75, 3.05) is 13.1 Å². The topological polar surface area (TPSA) is 34.5 Å². The van der Waals surface area contributed by atoms with Crippen LogP contribution in [0.3, 0.4) is 0 Å². The minimum Gasteiger partial charge on any atom is -0.371 e. The van der Waals surface area contributed by atoms with E-state index in [0.717, 1.165) is 42.6 Å². The van der Waals surface area contributed by atoms with Gasteiger partial charge in [0.2, 0.25) is 0 Å². The monoisotopic (exact) mass is 312 g/mol. The zero-order valence-corrected chi connectivity index (χ0v) is 12.0. The first-order chi connectivity index (χ1) is 8.67. The van der Waals surface area contributed by atoms with Crippen molar-refractivity contribution in [2.45, 2.75) is 38.5 Å². The van der Waals surface area contributed by atoms with E-state index in [1.807, 2.05) is 28.7 Å². The average Bonchev–Trinajstić information content (AvgIpc) is 2.91. The van der Waals surface area contributed by atoms with Crippen molar-refractivity contribution >= 4 is 21.8 Å². The highest BCUT2D eigenvalue weighted by Gasteiger charge is 2.36. The highest BCUT2D eigenvalue weighted by molar-refractivity contribution is 9.10. The van der Waals surface area contributed by atoms with Gasteiger partial charge < -0.3 is 14.2 Å². The number of morpholine rings is 1. The van der Waals surface area contributed by atoms with E-state index in [9.17, 15) is 4.79 Å². The number of fused-ring (bicyclic) bond motifs is 2. The van der Waals surface area contributed by atoms with E-state index in [4.69, 9.17) is 4.74 Å². The summed E-state index contributed by atoms with van der Waals surface area (Å²) >= 11 is 3.44. The maximum absolute atomic E-state index is 12.5. The van der Waals surface area contributed by atoms with Gasteiger partial charge in [-0.3, -0.25) is 4.79 Å². The minimum atomic E-state index is 0.128. The predicted octanol–water partition coefficient (Wildman–Crippen LogP) is 2.27. The molecule has 98 valence electrons. The summed E-state index contributed by atoms with van der Waals surface area (Å²) in [7, 11) is 0. The third kappa shape index (κ3) is 2.10. The van der Waals surface area contributed by atoms with Crippen LogP contribution in [-0.2, 0) is 11.3 Å². The first-order valence-electron chi connectivity index (χ1n) is 6.47. The number of amides is 1. The molecular formula is C13H17BrN2O2. The van der Waals surface area contributed by atoms with Crippen LogP contribution in [0.1, 0.15) is 30.3 Å². The number of carbonyl (C=O) groups is 1. The minimum absolute atomic E-state index is 0.128. The van der Waals surface area contributed by atoms with Gasteiger partial charge in [0.1, 0.15) is 5.69 Å². The normalized spacial score (nSPS) is 26.7. The zero-order chi connectivity index (χ0) is 12.7. The van der Waals surface area contributed by atoms with Crippen LogP contribution >= 0.6 is 15.9 Å². The highest BCUT2D eigenvalue weighted by Crippen LogP contribution is 2.27. The van der Waals surface area contributed by atoms with Gasteiger partial charge in [-0.2, -0.15) is 0 Å². The Morgan fingerprint density at radius 3 is 2.72 bits per heavy atom. The van der Waals surface area contributed by atoms with Gasteiger partial charge in [0.25, 0.3) is 5.91 Å². The second kappa shape index (κ2) is 4.70. The molecule has 1 amide bonds. The van der Waals surface area contributed by atoms with Crippen LogP contribution in [0.25, 0.3) is 0 Å². The van der Waals surface area contributed by atoms with Crippen LogP contribution in [0.2, 0.25) is 0 Å². The summed E-state index contributed by atoms with van der Waals surface area (Å²) in [6.45, 7) is 4.33. The van der Waals surface area contributed by atoms with Crippen molar-refractivity contribution in [1.29, 1.82) is 0 Å². The molecule has 5 heteroatoms. The quantitative estimate of drug-likeness (QED) is 0.839. The van der Waals surface area contributed by atoms with Crippen molar-refractivity contribution in [3.63, 3.8) is 0 Å². The van der Waals surface area contributed by atoms with Crippen LogP contribution in [0.4, 0.5) is 0 Å². The van der Waals surface area contributed by atoms with Gasteiger partial charge in [0, 0.05) is 30.3 Å². The molecule has 0 aliphatic carbocycles. The summed E-state index contributed by atoms with van der Waals surface area (Å²) in [6.07, 6.45) is 4.64. The Hall–Kier alpha value is -0.810. The number of nitrogens with zero attached hydrogens (tertiary/aromatic N) is 2. The summed E-state index contributed by atoms with van der Waals surface area (Å²) in [4.78, 5) is 14.5. The molecule has 2 bridgehead atoms. The Labute approximate surface area is 115 Å². The fraction of sp³-hybridized carbons (Fsp3) is 0.615. The number of hydrogen-bond acceptors (Lipinski definition) is 2. The maximum atomic E-state index is 12.5. The molecule has 0 spiro atoms. The molecule has 0 radical (unpaired) electrons. The third-order valence-corrected chi connectivity index (χ3v) is 4.19. The number of aryl methyl sites for hydroxylation is 1. The molecule has 0 saturated carbocycles. The van der Waals surface area contributed by atoms with Crippen LogP contribution in [0.5, 0.6) is 0 Å². The van der Waals surface area contributed by atoms with Gasteiger partial charge >= 0.3 is 0 Å². The third-order valence-electron chi connectivity index (χ3n) is 3.75. The maximum Gasteiger partial charge on any atom is 0.270 e. The summed E-state index contributed by atoms with van der Waals surface area (Å²) in [5, 5.41) is 0. The Bertz CT molecular complexity index is 460. The van der Waals surface area contributed by atoms with E-state index < -0.39 is 0 Å². The number of aromatic nitrogens is 1. The van der Waals surface area contributed by atoms with Gasteiger partial charge in [-0.05, 0) is 41.8 Å². The summed E-state index contributed by atoms with van der Waals surface area (Å²) in [5.74, 6) is 0.128. The molecule has 0 N–H and O–H groups in total. The molecule has 1 aromatic rings. The van der Waals surface area contributed by atoms with Crippen molar-refractivity contribution < 1.29 is 9.53 Å². The molecule has 2 fully saturated rings. The van der Waals surface area contributed by atoms with Crippen molar-refractivity contribution in [3.05, 3.63) is 22.4 Å². The van der Waals surface area contributed by atoms with E-state index >= 15 is 0 Å². The predicted molar refractivity (Wildman–Crippen MR) is 71.6 cm³/mol. The number of ether oxygens (including phenoxy) is 1. The Balaban J connectivity index is 1.81. The molecule has 1 aromatic heterocycles. The second-order valence-electron chi connectivity index (χ2n) is 5.00. The SMILES string of the molecule is CCn1cc(Br)cc1C(=O)N1CC2CCC(C1)O2. The van der Waals surface area contributed by atoms with E-state index in [0.29, 0.717) is 0 Å². The van der Waals surface area contributed by atoms with E-state index in [-0.39, 0.29) is 18.1 Å². The fourth-order valence-corrected chi connectivity index (χ4v) is 3.32. The molecule has 3 rings (SSSR count). The summed E-state index contributed by atoms with van der Waals surface area (Å²) in [5.41, 5.74) is 0.769. The molecule has 2 atom stereocenters. The van der Waals surface area contributed by atoms with Crippen LogP contribution in [0.15, 0.2) is 16.7 Å². The molecule has 2 aliphatic rings. The van der Waals surface area contributed by atoms with E-state index in [1.54, 1.807) is 0 Å². The van der Waals surface area contributed by atoms with Gasteiger partial charge in [-0.15, -0.1) is 0 Å². The van der Waals surface area contributed by atoms with Crippen LogP contribution in [0, 0.1) is 0 Å².